The Morgan fingerprint density at radius 1 is 1.25 bits per heavy atom. The Morgan fingerprint density at radius 2 is 1.96 bits per heavy atom. The highest BCUT2D eigenvalue weighted by Gasteiger charge is 2.13. The van der Waals surface area contributed by atoms with Gasteiger partial charge in [-0.3, -0.25) is 14.6 Å². The predicted molar refractivity (Wildman–Crippen MR) is 88.0 cm³/mol. The summed E-state index contributed by atoms with van der Waals surface area (Å²) < 4.78 is 14.2. The van der Waals surface area contributed by atoms with E-state index in [-0.39, 0.29) is 24.7 Å². The zero-order chi connectivity index (χ0) is 17.5. The Labute approximate surface area is 137 Å². The number of aromatic nitrogens is 2. The molecule has 0 aliphatic rings. The first kappa shape index (κ1) is 17.4. The van der Waals surface area contributed by atoms with Crippen molar-refractivity contribution in [3.63, 3.8) is 0 Å². The molecule has 1 heterocycles. The number of hydrogen-bond donors (Lipinski definition) is 1. The van der Waals surface area contributed by atoms with Crippen LogP contribution in [0.2, 0.25) is 0 Å². The molecule has 0 bridgehead atoms. The Morgan fingerprint density at radius 3 is 2.58 bits per heavy atom. The van der Waals surface area contributed by atoms with Gasteiger partial charge in [-0.1, -0.05) is 18.2 Å². The molecule has 2 rings (SSSR count). The van der Waals surface area contributed by atoms with Crippen LogP contribution in [0.25, 0.3) is 0 Å². The average Bonchev–Trinajstić information content (AvgIpc) is 2.55. The maximum absolute atomic E-state index is 13.0. The summed E-state index contributed by atoms with van der Waals surface area (Å²) in [5.74, 6) is -0.505. The summed E-state index contributed by atoms with van der Waals surface area (Å²) in [4.78, 5) is 38.7. The summed E-state index contributed by atoms with van der Waals surface area (Å²) in [5, 5.41) is 0. The minimum atomic E-state index is -0.552. The van der Waals surface area contributed by atoms with Crippen molar-refractivity contribution in [2.24, 2.45) is 0 Å². The minimum absolute atomic E-state index is 0.0982. The molecule has 0 radical (unpaired) electrons. The number of carbonyl (C=O) groups excluding carboxylic acids is 1. The van der Waals surface area contributed by atoms with E-state index in [1.165, 1.54) is 29.0 Å². The van der Waals surface area contributed by atoms with Crippen molar-refractivity contribution < 1.29 is 9.18 Å². The molecular weight excluding hydrogens is 313 g/mol. The number of H-pyrrole nitrogens is 1. The first-order chi connectivity index (χ1) is 11.5. The topological polar surface area (TPSA) is 75.2 Å². The number of aromatic amines is 1. The number of nitrogens with one attached hydrogen (secondary N) is 1. The molecule has 1 aromatic carbocycles. The Balaban J connectivity index is 2.02. The van der Waals surface area contributed by atoms with E-state index >= 15 is 0 Å². The van der Waals surface area contributed by atoms with Gasteiger partial charge in [0.2, 0.25) is 5.91 Å². The van der Waals surface area contributed by atoms with Crippen molar-refractivity contribution >= 4 is 5.91 Å². The van der Waals surface area contributed by atoms with Crippen molar-refractivity contribution in [1.29, 1.82) is 0 Å². The van der Waals surface area contributed by atoms with Crippen molar-refractivity contribution in [3.05, 3.63) is 81.4 Å². The van der Waals surface area contributed by atoms with Crippen LogP contribution in [0.5, 0.6) is 0 Å². The van der Waals surface area contributed by atoms with Crippen LogP contribution in [-0.2, 0) is 17.9 Å². The number of hydrogen-bond acceptors (Lipinski definition) is 3. The Kier molecular flexibility index (Phi) is 5.83. The second kappa shape index (κ2) is 8.05. The lowest BCUT2D eigenvalue weighted by Crippen LogP contribution is -2.34. The van der Waals surface area contributed by atoms with Crippen molar-refractivity contribution in [3.8, 4) is 0 Å². The van der Waals surface area contributed by atoms with Crippen LogP contribution >= 0.6 is 0 Å². The highest BCUT2D eigenvalue weighted by Crippen LogP contribution is 2.08. The number of rotatable bonds is 7. The second-order valence-corrected chi connectivity index (χ2v) is 5.24. The maximum atomic E-state index is 13.0. The van der Waals surface area contributed by atoms with E-state index in [0.717, 1.165) is 5.56 Å². The minimum Gasteiger partial charge on any atom is -0.335 e. The molecule has 2 aromatic rings. The molecular formula is C17H18FN3O3. The number of benzene rings is 1. The van der Waals surface area contributed by atoms with Crippen LogP contribution in [0.4, 0.5) is 4.39 Å². The molecule has 0 unspecified atom stereocenters. The SMILES string of the molecule is C=CCN(Cc1ccc(F)cc1)C(=O)CCn1ccc(=O)[nH]c1=O. The largest absolute Gasteiger partial charge is 0.335 e. The molecule has 0 saturated carbocycles. The number of nitrogens with zero attached hydrogens (tertiary/aromatic N) is 2. The van der Waals surface area contributed by atoms with Gasteiger partial charge in [-0.25, -0.2) is 9.18 Å². The number of aryl methyl sites for hydroxylation is 1. The Bertz CT molecular complexity index is 824. The van der Waals surface area contributed by atoms with E-state index in [4.69, 9.17) is 0 Å². The third kappa shape index (κ3) is 4.77. The molecule has 1 amide bonds. The van der Waals surface area contributed by atoms with Gasteiger partial charge in [0.05, 0.1) is 0 Å². The van der Waals surface area contributed by atoms with E-state index in [9.17, 15) is 18.8 Å². The molecule has 0 fully saturated rings. The molecule has 0 saturated heterocycles. The Hall–Kier alpha value is -2.96. The van der Waals surface area contributed by atoms with Gasteiger partial charge in [0.25, 0.3) is 5.56 Å². The molecule has 1 N–H and O–H groups in total. The van der Waals surface area contributed by atoms with Crippen LogP contribution in [0.15, 0.2) is 58.8 Å². The van der Waals surface area contributed by atoms with Gasteiger partial charge in [-0.2, -0.15) is 0 Å². The first-order valence-corrected chi connectivity index (χ1v) is 7.42. The fourth-order valence-corrected chi connectivity index (χ4v) is 2.22. The van der Waals surface area contributed by atoms with Crippen molar-refractivity contribution in [2.75, 3.05) is 6.54 Å². The van der Waals surface area contributed by atoms with E-state index in [2.05, 4.69) is 11.6 Å². The predicted octanol–water partition coefficient (Wildman–Crippen LogP) is 1.28. The summed E-state index contributed by atoms with van der Waals surface area (Å²) in [5.41, 5.74) is -0.232. The summed E-state index contributed by atoms with van der Waals surface area (Å²) >= 11 is 0. The van der Waals surface area contributed by atoms with Gasteiger partial charge in [-0.15, -0.1) is 6.58 Å². The zero-order valence-corrected chi connectivity index (χ0v) is 13.1. The van der Waals surface area contributed by atoms with Crippen molar-refractivity contribution in [1.82, 2.24) is 14.5 Å². The van der Waals surface area contributed by atoms with Crippen molar-refractivity contribution in [2.45, 2.75) is 19.5 Å². The highest BCUT2D eigenvalue weighted by molar-refractivity contribution is 5.76. The third-order valence-corrected chi connectivity index (χ3v) is 3.45. The summed E-state index contributed by atoms with van der Waals surface area (Å²) in [7, 11) is 0. The standard InChI is InChI=1S/C17H18FN3O3/c1-2-9-21(12-13-3-5-14(18)6-4-13)16(23)8-11-20-10-7-15(22)19-17(20)24/h2-7,10H,1,8-9,11-12H2,(H,19,22,24). The molecule has 0 aliphatic carbocycles. The van der Waals surface area contributed by atoms with Crippen LogP contribution in [0, 0.1) is 5.82 Å². The van der Waals surface area contributed by atoms with Crippen LogP contribution in [-0.4, -0.2) is 26.9 Å². The fourth-order valence-electron chi connectivity index (χ4n) is 2.22. The van der Waals surface area contributed by atoms with Crippen LogP contribution in [0.3, 0.4) is 0 Å². The van der Waals surface area contributed by atoms with Gasteiger partial charge in [0, 0.05) is 38.3 Å². The zero-order valence-electron chi connectivity index (χ0n) is 13.1. The molecule has 6 nitrogen and oxygen atoms in total. The van der Waals surface area contributed by atoms with E-state index in [1.54, 1.807) is 23.1 Å². The molecule has 7 heteroatoms. The lowest BCUT2D eigenvalue weighted by molar-refractivity contribution is -0.131. The first-order valence-electron chi connectivity index (χ1n) is 7.42. The van der Waals surface area contributed by atoms with E-state index in [1.807, 2.05) is 0 Å². The van der Waals surface area contributed by atoms with Gasteiger partial charge >= 0.3 is 5.69 Å². The number of amides is 1. The molecule has 24 heavy (non-hydrogen) atoms. The molecule has 126 valence electrons. The fraction of sp³-hybridized carbons (Fsp3) is 0.235. The smallest absolute Gasteiger partial charge is 0.328 e. The lowest BCUT2D eigenvalue weighted by atomic mass is 10.2. The summed E-state index contributed by atoms with van der Waals surface area (Å²) in [6.07, 6.45) is 3.06. The summed E-state index contributed by atoms with van der Waals surface area (Å²) in [6.45, 7) is 4.46. The molecule has 0 atom stereocenters. The number of halogens is 1. The second-order valence-electron chi connectivity index (χ2n) is 5.24. The lowest BCUT2D eigenvalue weighted by Gasteiger charge is -2.21. The molecule has 0 spiro atoms. The monoisotopic (exact) mass is 331 g/mol. The van der Waals surface area contributed by atoms with E-state index in [0.29, 0.717) is 13.1 Å². The van der Waals surface area contributed by atoms with Crippen LogP contribution in [0.1, 0.15) is 12.0 Å². The highest BCUT2D eigenvalue weighted by atomic mass is 19.1. The molecule has 1 aromatic heterocycles. The quantitative estimate of drug-likeness (QED) is 0.777. The van der Waals surface area contributed by atoms with E-state index < -0.39 is 11.2 Å². The van der Waals surface area contributed by atoms with Gasteiger partial charge in [0.15, 0.2) is 0 Å². The third-order valence-electron chi connectivity index (χ3n) is 3.45. The summed E-state index contributed by atoms with van der Waals surface area (Å²) in [6, 6.07) is 7.14. The number of carbonyl (C=O) groups is 1. The maximum Gasteiger partial charge on any atom is 0.328 e. The molecule has 0 aliphatic heterocycles. The van der Waals surface area contributed by atoms with Gasteiger partial charge < -0.3 is 9.47 Å². The van der Waals surface area contributed by atoms with Gasteiger partial charge in [0.1, 0.15) is 5.82 Å². The van der Waals surface area contributed by atoms with Crippen LogP contribution < -0.4 is 11.2 Å². The normalized spacial score (nSPS) is 10.4. The van der Waals surface area contributed by atoms with Gasteiger partial charge in [-0.05, 0) is 17.7 Å². The average molecular weight is 331 g/mol.